The molecular formula is C14H22N2O2. The first-order valence-electron chi connectivity index (χ1n) is 6.21. The predicted molar refractivity (Wildman–Crippen MR) is 73.1 cm³/mol. The minimum atomic E-state index is -0.668. The number of nitrogens with one attached hydrogen (secondary N) is 1. The van der Waals surface area contributed by atoms with Gasteiger partial charge in [0.1, 0.15) is 0 Å². The molecule has 0 aromatic heterocycles. The SMILES string of the molecule is CC(=O)Nc1ccc(C(O)C(N)CC(C)C)cc1. The zero-order valence-electron chi connectivity index (χ0n) is 11.2. The highest BCUT2D eigenvalue weighted by Crippen LogP contribution is 2.21. The molecule has 2 unspecified atom stereocenters. The molecule has 0 saturated heterocycles. The van der Waals surface area contributed by atoms with Crippen LogP contribution < -0.4 is 11.1 Å². The number of carbonyl (C=O) groups excluding carboxylic acids is 1. The Kier molecular flexibility index (Phi) is 5.31. The number of carbonyl (C=O) groups is 1. The van der Waals surface area contributed by atoms with Crippen molar-refractivity contribution in [2.24, 2.45) is 11.7 Å². The highest BCUT2D eigenvalue weighted by atomic mass is 16.3. The quantitative estimate of drug-likeness (QED) is 0.748. The number of hydrogen-bond donors (Lipinski definition) is 3. The first-order chi connectivity index (χ1) is 8.40. The summed E-state index contributed by atoms with van der Waals surface area (Å²) in [5, 5.41) is 12.8. The lowest BCUT2D eigenvalue weighted by Gasteiger charge is -2.21. The van der Waals surface area contributed by atoms with Crippen LogP contribution in [0.2, 0.25) is 0 Å². The van der Waals surface area contributed by atoms with Gasteiger partial charge in [0.05, 0.1) is 6.10 Å². The fraction of sp³-hybridized carbons (Fsp3) is 0.500. The van der Waals surface area contributed by atoms with Crippen LogP contribution in [0.5, 0.6) is 0 Å². The van der Waals surface area contributed by atoms with E-state index in [1.165, 1.54) is 6.92 Å². The summed E-state index contributed by atoms with van der Waals surface area (Å²) in [6.45, 7) is 5.61. The summed E-state index contributed by atoms with van der Waals surface area (Å²) in [4.78, 5) is 10.9. The van der Waals surface area contributed by atoms with Crippen molar-refractivity contribution < 1.29 is 9.90 Å². The molecule has 4 heteroatoms. The molecule has 0 aliphatic heterocycles. The van der Waals surface area contributed by atoms with Crippen LogP contribution in [0.1, 0.15) is 38.9 Å². The Morgan fingerprint density at radius 2 is 1.89 bits per heavy atom. The van der Waals surface area contributed by atoms with E-state index in [-0.39, 0.29) is 11.9 Å². The summed E-state index contributed by atoms with van der Waals surface area (Å²) >= 11 is 0. The van der Waals surface area contributed by atoms with E-state index in [4.69, 9.17) is 5.73 Å². The second-order valence-electron chi connectivity index (χ2n) is 5.04. The summed E-state index contributed by atoms with van der Waals surface area (Å²) in [5.41, 5.74) is 7.44. The van der Waals surface area contributed by atoms with Crippen LogP contribution in [-0.4, -0.2) is 17.1 Å². The molecule has 0 radical (unpaired) electrons. The van der Waals surface area contributed by atoms with Crippen LogP contribution in [0.4, 0.5) is 5.69 Å². The fourth-order valence-corrected chi connectivity index (χ4v) is 1.89. The molecule has 0 bridgehead atoms. The lowest BCUT2D eigenvalue weighted by molar-refractivity contribution is -0.114. The monoisotopic (exact) mass is 250 g/mol. The van der Waals surface area contributed by atoms with Crippen LogP contribution >= 0.6 is 0 Å². The minimum absolute atomic E-state index is 0.111. The lowest BCUT2D eigenvalue weighted by atomic mass is 9.95. The second-order valence-corrected chi connectivity index (χ2v) is 5.04. The second kappa shape index (κ2) is 6.52. The normalized spacial score (nSPS) is 14.3. The number of hydrogen-bond acceptors (Lipinski definition) is 3. The first kappa shape index (κ1) is 14.7. The van der Waals surface area contributed by atoms with Gasteiger partial charge in [0.15, 0.2) is 0 Å². The van der Waals surface area contributed by atoms with Gasteiger partial charge in [0, 0.05) is 18.7 Å². The third kappa shape index (κ3) is 4.47. The Morgan fingerprint density at radius 1 is 1.33 bits per heavy atom. The lowest BCUT2D eigenvalue weighted by Crippen LogP contribution is -2.29. The molecule has 2 atom stereocenters. The molecule has 0 aliphatic carbocycles. The van der Waals surface area contributed by atoms with E-state index in [9.17, 15) is 9.90 Å². The largest absolute Gasteiger partial charge is 0.387 e. The van der Waals surface area contributed by atoms with Gasteiger partial charge in [-0.2, -0.15) is 0 Å². The summed E-state index contributed by atoms with van der Waals surface area (Å²) < 4.78 is 0. The van der Waals surface area contributed by atoms with Crippen molar-refractivity contribution in [1.82, 2.24) is 0 Å². The van der Waals surface area contributed by atoms with Crippen LogP contribution in [0.25, 0.3) is 0 Å². The standard InChI is InChI=1S/C14H22N2O2/c1-9(2)8-13(15)14(18)11-4-6-12(7-5-11)16-10(3)17/h4-7,9,13-14,18H,8,15H2,1-3H3,(H,16,17). The maximum atomic E-state index is 10.9. The van der Waals surface area contributed by atoms with Gasteiger partial charge >= 0.3 is 0 Å². The van der Waals surface area contributed by atoms with Gasteiger partial charge in [-0.05, 0) is 30.0 Å². The minimum Gasteiger partial charge on any atom is -0.387 e. The van der Waals surface area contributed by atoms with Gasteiger partial charge in [-0.25, -0.2) is 0 Å². The van der Waals surface area contributed by atoms with Gasteiger partial charge in [-0.3, -0.25) is 4.79 Å². The Morgan fingerprint density at radius 3 is 2.33 bits per heavy atom. The van der Waals surface area contributed by atoms with E-state index in [1.54, 1.807) is 24.3 Å². The molecule has 100 valence electrons. The van der Waals surface area contributed by atoms with Crippen LogP contribution in [0, 0.1) is 5.92 Å². The molecule has 0 heterocycles. The molecule has 0 fully saturated rings. The van der Waals surface area contributed by atoms with E-state index in [0.29, 0.717) is 5.92 Å². The van der Waals surface area contributed by atoms with Gasteiger partial charge in [0.2, 0.25) is 5.91 Å². The zero-order chi connectivity index (χ0) is 13.7. The van der Waals surface area contributed by atoms with Crippen LogP contribution in [-0.2, 0) is 4.79 Å². The summed E-state index contributed by atoms with van der Waals surface area (Å²) in [6, 6.07) is 6.84. The molecule has 4 nitrogen and oxygen atoms in total. The van der Waals surface area contributed by atoms with Crippen molar-refractivity contribution >= 4 is 11.6 Å². The number of anilines is 1. The molecule has 18 heavy (non-hydrogen) atoms. The zero-order valence-corrected chi connectivity index (χ0v) is 11.2. The molecular weight excluding hydrogens is 228 g/mol. The summed E-state index contributed by atoms with van der Waals surface area (Å²) in [7, 11) is 0. The highest BCUT2D eigenvalue weighted by molar-refractivity contribution is 5.88. The van der Waals surface area contributed by atoms with Crippen molar-refractivity contribution in [2.75, 3.05) is 5.32 Å². The van der Waals surface area contributed by atoms with Crippen LogP contribution in [0.15, 0.2) is 24.3 Å². The Hall–Kier alpha value is -1.39. The van der Waals surface area contributed by atoms with Crippen LogP contribution in [0.3, 0.4) is 0 Å². The molecule has 1 aromatic rings. The van der Waals surface area contributed by atoms with Gasteiger partial charge < -0.3 is 16.2 Å². The van der Waals surface area contributed by atoms with Crippen molar-refractivity contribution in [1.29, 1.82) is 0 Å². The number of amides is 1. The average molecular weight is 250 g/mol. The topological polar surface area (TPSA) is 75.3 Å². The number of aliphatic hydroxyl groups excluding tert-OH is 1. The van der Waals surface area contributed by atoms with E-state index < -0.39 is 6.10 Å². The fourth-order valence-electron chi connectivity index (χ4n) is 1.89. The third-order valence-electron chi connectivity index (χ3n) is 2.72. The smallest absolute Gasteiger partial charge is 0.221 e. The molecule has 0 spiro atoms. The Bertz CT molecular complexity index is 387. The molecule has 1 rings (SSSR count). The average Bonchev–Trinajstić information content (AvgIpc) is 2.27. The van der Waals surface area contributed by atoms with Crippen molar-refractivity contribution in [3.05, 3.63) is 29.8 Å². The number of rotatable bonds is 5. The van der Waals surface area contributed by atoms with E-state index >= 15 is 0 Å². The molecule has 1 aromatic carbocycles. The van der Waals surface area contributed by atoms with Gasteiger partial charge in [-0.1, -0.05) is 26.0 Å². The highest BCUT2D eigenvalue weighted by Gasteiger charge is 2.17. The van der Waals surface area contributed by atoms with E-state index in [1.807, 2.05) is 0 Å². The molecule has 0 saturated carbocycles. The van der Waals surface area contributed by atoms with E-state index in [2.05, 4.69) is 19.2 Å². The maximum absolute atomic E-state index is 10.9. The third-order valence-corrected chi connectivity index (χ3v) is 2.72. The molecule has 0 aliphatic rings. The van der Waals surface area contributed by atoms with Crippen molar-refractivity contribution in [3.63, 3.8) is 0 Å². The van der Waals surface area contributed by atoms with Crippen molar-refractivity contribution in [3.8, 4) is 0 Å². The van der Waals surface area contributed by atoms with Crippen molar-refractivity contribution in [2.45, 2.75) is 39.3 Å². The van der Waals surface area contributed by atoms with Gasteiger partial charge in [-0.15, -0.1) is 0 Å². The summed E-state index contributed by atoms with van der Waals surface area (Å²) in [5.74, 6) is 0.341. The van der Waals surface area contributed by atoms with E-state index in [0.717, 1.165) is 17.7 Å². The Labute approximate surface area is 108 Å². The van der Waals surface area contributed by atoms with Gasteiger partial charge in [0.25, 0.3) is 0 Å². The Balaban J connectivity index is 2.69. The maximum Gasteiger partial charge on any atom is 0.221 e. The number of nitrogens with two attached hydrogens (primary N) is 1. The predicted octanol–water partition coefficient (Wildman–Crippen LogP) is 2.05. The molecule has 1 amide bonds. The number of benzene rings is 1. The molecule has 4 N–H and O–H groups in total. The number of aliphatic hydroxyl groups is 1. The first-order valence-corrected chi connectivity index (χ1v) is 6.21. The summed E-state index contributed by atoms with van der Waals surface area (Å²) in [6.07, 6.45) is 0.105.